The number of ether oxygens (including phenoxy) is 2. The second kappa shape index (κ2) is 11.3. The van der Waals surface area contributed by atoms with E-state index in [1.807, 2.05) is 40.1 Å². The van der Waals surface area contributed by atoms with E-state index in [0.29, 0.717) is 31.8 Å². The highest BCUT2D eigenvalue weighted by atomic mass is 32.2. The van der Waals surface area contributed by atoms with Gasteiger partial charge in [0.2, 0.25) is 5.91 Å². The molecular formula is C23H29FN2O3S. The number of carbonyl (C=O) groups excluding carboxylic acids is 1. The molecule has 2 aromatic carbocycles. The Balaban J connectivity index is 1.68. The van der Waals surface area contributed by atoms with Gasteiger partial charge in [-0.2, -0.15) is 0 Å². The first kappa shape index (κ1) is 22.6. The van der Waals surface area contributed by atoms with Crippen LogP contribution in [0.4, 0.5) is 4.39 Å². The van der Waals surface area contributed by atoms with Gasteiger partial charge in [0.15, 0.2) is 0 Å². The minimum absolute atomic E-state index is 0.00214. The highest BCUT2D eigenvalue weighted by molar-refractivity contribution is 7.99. The molecule has 0 unspecified atom stereocenters. The maximum Gasteiger partial charge on any atom is 0.237 e. The van der Waals surface area contributed by atoms with Crippen LogP contribution in [-0.4, -0.2) is 61.9 Å². The van der Waals surface area contributed by atoms with Crippen LogP contribution in [0.15, 0.2) is 48.5 Å². The van der Waals surface area contributed by atoms with Gasteiger partial charge in [-0.3, -0.25) is 9.69 Å². The van der Waals surface area contributed by atoms with E-state index in [2.05, 4.69) is 0 Å². The zero-order valence-corrected chi connectivity index (χ0v) is 18.4. The molecule has 0 saturated carbocycles. The van der Waals surface area contributed by atoms with Gasteiger partial charge in [0.25, 0.3) is 0 Å². The Kier molecular flexibility index (Phi) is 8.54. The minimum atomic E-state index is -0.241. The minimum Gasteiger partial charge on any atom is -0.497 e. The van der Waals surface area contributed by atoms with Crippen LogP contribution in [-0.2, 0) is 16.1 Å². The normalized spacial score (nSPS) is 16.3. The number of hydrogen-bond acceptors (Lipinski definition) is 5. The molecule has 1 amide bonds. The first-order chi connectivity index (χ1) is 14.6. The van der Waals surface area contributed by atoms with Gasteiger partial charge in [0.1, 0.15) is 16.9 Å². The number of halogens is 1. The molecule has 5 nitrogen and oxygen atoms in total. The highest BCUT2D eigenvalue weighted by Gasteiger charge is 2.31. The molecule has 0 N–H and O–H groups in total. The molecule has 1 aliphatic rings. The molecule has 162 valence electrons. The molecule has 7 heteroatoms. The lowest BCUT2D eigenvalue weighted by Crippen LogP contribution is -2.40. The van der Waals surface area contributed by atoms with Gasteiger partial charge >= 0.3 is 0 Å². The summed E-state index contributed by atoms with van der Waals surface area (Å²) in [5.74, 6) is 1.53. The summed E-state index contributed by atoms with van der Waals surface area (Å²) < 4.78 is 24.6. The van der Waals surface area contributed by atoms with Gasteiger partial charge in [0, 0.05) is 44.7 Å². The van der Waals surface area contributed by atoms with Crippen molar-refractivity contribution in [1.82, 2.24) is 9.80 Å². The van der Waals surface area contributed by atoms with Gasteiger partial charge in [-0.05, 0) is 30.2 Å². The van der Waals surface area contributed by atoms with Crippen molar-refractivity contribution >= 4 is 17.7 Å². The van der Waals surface area contributed by atoms with E-state index in [1.54, 1.807) is 38.1 Å². The third-order valence-corrected chi connectivity index (χ3v) is 6.41. The summed E-state index contributed by atoms with van der Waals surface area (Å²) >= 11 is 1.77. The van der Waals surface area contributed by atoms with Crippen molar-refractivity contribution in [2.45, 2.75) is 18.3 Å². The van der Waals surface area contributed by atoms with Crippen molar-refractivity contribution in [1.29, 1.82) is 0 Å². The van der Waals surface area contributed by atoms with Gasteiger partial charge in [-0.1, -0.05) is 30.3 Å². The van der Waals surface area contributed by atoms with E-state index in [0.717, 1.165) is 23.5 Å². The van der Waals surface area contributed by atoms with Crippen LogP contribution >= 0.6 is 11.8 Å². The molecule has 1 atom stereocenters. The average molecular weight is 433 g/mol. The van der Waals surface area contributed by atoms with Crippen molar-refractivity contribution in [3.05, 3.63) is 65.5 Å². The summed E-state index contributed by atoms with van der Waals surface area (Å²) in [5.41, 5.74) is 1.69. The fourth-order valence-electron chi connectivity index (χ4n) is 3.57. The van der Waals surface area contributed by atoms with Crippen molar-refractivity contribution in [3.8, 4) is 5.75 Å². The Labute approximate surface area is 182 Å². The van der Waals surface area contributed by atoms with Crippen LogP contribution < -0.4 is 4.74 Å². The zero-order chi connectivity index (χ0) is 21.3. The van der Waals surface area contributed by atoms with E-state index < -0.39 is 0 Å². The molecule has 30 heavy (non-hydrogen) atoms. The maximum absolute atomic E-state index is 14.2. The summed E-state index contributed by atoms with van der Waals surface area (Å²) in [6.07, 6.45) is 0.787. The van der Waals surface area contributed by atoms with Crippen molar-refractivity contribution in [2.75, 3.05) is 46.2 Å². The van der Waals surface area contributed by atoms with E-state index in [-0.39, 0.29) is 23.6 Å². The predicted molar refractivity (Wildman–Crippen MR) is 118 cm³/mol. The molecule has 1 saturated heterocycles. The molecule has 1 heterocycles. The van der Waals surface area contributed by atoms with E-state index >= 15 is 0 Å². The van der Waals surface area contributed by atoms with E-state index in [1.165, 1.54) is 6.07 Å². The van der Waals surface area contributed by atoms with E-state index in [4.69, 9.17) is 9.47 Å². The molecule has 1 fully saturated rings. The molecule has 0 bridgehead atoms. The Morgan fingerprint density at radius 2 is 1.97 bits per heavy atom. The monoisotopic (exact) mass is 432 g/mol. The largest absolute Gasteiger partial charge is 0.497 e. The smallest absolute Gasteiger partial charge is 0.237 e. The van der Waals surface area contributed by atoms with Crippen molar-refractivity contribution < 1.29 is 18.7 Å². The standard InChI is InChI=1S/C23H29FN2O3S/c1-28-14-5-12-25(16-19-6-3-4-7-21(19)24)17-22(27)26-13-15-30-23(26)18-8-10-20(29-2)11-9-18/h3-4,6-11,23H,5,12-17H2,1-2H3/t23-/m0/s1. The SMILES string of the molecule is COCCCN(CC(=O)N1CCS[C@H]1c1ccc(OC)cc1)Cc1ccccc1F. The number of thioether (sulfide) groups is 1. The third-order valence-electron chi connectivity index (χ3n) is 5.15. The first-order valence-electron chi connectivity index (χ1n) is 10.1. The Morgan fingerprint density at radius 3 is 2.67 bits per heavy atom. The van der Waals surface area contributed by atoms with Crippen LogP contribution in [0.2, 0.25) is 0 Å². The zero-order valence-electron chi connectivity index (χ0n) is 17.6. The Bertz CT molecular complexity index is 818. The molecule has 0 spiro atoms. The van der Waals surface area contributed by atoms with Crippen LogP contribution in [0.5, 0.6) is 5.75 Å². The Morgan fingerprint density at radius 1 is 1.20 bits per heavy atom. The molecular weight excluding hydrogens is 403 g/mol. The molecule has 0 radical (unpaired) electrons. The molecule has 0 aliphatic carbocycles. The van der Waals surface area contributed by atoms with Crippen LogP contribution in [0.1, 0.15) is 22.9 Å². The lowest BCUT2D eigenvalue weighted by atomic mass is 10.2. The second-order valence-electron chi connectivity index (χ2n) is 7.23. The van der Waals surface area contributed by atoms with Gasteiger partial charge < -0.3 is 14.4 Å². The summed E-state index contributed by atoms with van der Waals surface area (Å²) in [6, 6.07) is 14.6. The molecule has 2 aromatic rings. The number of nitrogens with zero attached hydrogens (tertiary/aromatic N) is 2. The number of rotatable bonds is 10. The predicted octanol–water partition coefficient (Wildman–Crippen LogP) is 3.95. The third kappa shape index (κ3) is 5.97. The topological polar surface area (TPSA) is 42.0 Å². The second-order valence-corrected chi connectivity index (χ2v) is 8.42. The lowest BCUT2D eigenvalue weighted by Gasteiger charge is -2.28. The van der Waals surface area contributed by atoms with Gasteiger partial charge in [-0.15, -0.1) is 11.8 Å². The molecule has 1 aliphatic heterocycles. The molecule has 0 aromatic heterocycles. The summed E-state index contributed by atoms with van der Waals surface area (Å²) in [7, 11) is 3.30. The summed E-state index contributed by atoms with van der Waals surface area (Å²) in [5, 5.41) is -0.00214. The maximum atomic E-state index is 14.2. The van der Waals surface area contributed by atoms with Crippen LogP contribution in [0, 0.1) is 5.82 Å². The van der Waals surface area contributed by atoms with E-state index in [9.17, 15) is 9.18 Å². The van der Waals surface area contributed by atoms with Crippen molar-refractivity contribution in [3.63, 3.8) is 0 Å². The van der Waals surface area contributed by atoms with Gasteiger partial charge in [0.05, 0.1) is 13.7 Å². The number of hydrogen-bond donors (Lipinski definition) is 0. The van der Waals surface area contributed by atoms with Gasteiger partial charge in [-0.25, -0.2) is 4.39 Å². The fourth-order valence-corrected chi connectivity index (χ4v) is 4.84. The summed E-state index contributed by atoms with van der Waals surface area (Å²) in [6.45, 7) is 2.64. The number of methoxy groups -OCH3 is 2. The van der Waals surface area contributed by atoms with Crippen LogP contribution in [0.25, 0.3) is 0 Å². The molecule has 3 rings (SSSR count). The number of amides is 1. The van der Waals surface area contributed by atoms with Crippen molar-refractivity contribution in [2.24, 2.45) is 0 Å². The lowest BCUT2D eigenvalue weighted by molar-refractivity contribution is -0.132. The van der Waals surface area contributed by atoms with Crippen LogP contribution in [0.3, 0.4) is 0 Å². The highest BCUT2D eigenvalue weighted by Crippen LogP contribution is 2.38. The quantitative estimate of drug-likeness (QED) is 0.532. The number of benzene rings is 2. The average Bonchev–Trinajstić information content (AvgIpc) is 3.25. The number of carbonyl (C=O) groups is 1. The fraction of sp³-hybridized carbons (Fsp3) is 0.435. The first-order valence-corrected chi connectivity index (χ1v) is 11.2. The Hall–Kier alpha value is -2.09. The summed E-state index contributed by atoms with van der Waals surface area (Å²) in [4.78, 5) is 17.1.